The molecule has 1 aliphatic carbocycles. The molecule has 1 saturated heterocycles. The monoisotopic (exact) mass is 493 g/mol. The molecule has 6 rings (SSSR count). The van der Waals surface area contributed by atoms with Crippen molar-refractivity contribution in [3.05, 3.63) is 60.5 Å². The van der Waals surface area contributed by atoms with Gasteiger partial charge in [0, 0.05) is 36.8 Å². The van der Waals surface area contributed by atoms with E-state index >= 15 is 0 Å². The van der Waals surface area contributed by atoms with Crippen LogP contribution in [0.1, 0.15) is 43.3 Å². The van der Waals surface area contributed by atoms with Gasteiger partial charge in [0.25, 0.3) is 0 Å². The second-order valence-electron chi connectivity index (χ2n) is 9.44. The van der Waals surface area contributed by atoms with Crippen LogP contribution >= 0.6 is 0 Å². The summed E-state index contributed by atoms with van der Waals surface area (Å²) in [6, 6.07) is 10.9. The number of ether oxygens (including phenoxy) is 1. The highest BCUT2D eigenvalue weighted by Gasteiger charge is 2.29. The molecular formula is C25H27N5O4S. The molecule has 1 aliphatic heterocycles. The zero-order valence-electron chi connectivity index (χ0n) is 19.5. The maximum absolute atomic E-state index is 11.8. The normalized spacial score (nSPS) is 17.7. The first-order valence-electron chi connectivity index (χ1n) is 11.9. The third-order valence-corrected chi connectivity index (χ3v) is 7.79. The summed E-state index contributed by atoms with van der Waals surface area (Å²) in [4.78, 5) is 11.8. The lowest BCUT2D eigenvalue weighted by Gasteiger charge is -2.31. The van der Waals surface area contributed by atoms with Gasteiger partial charge in [-0.05, 0) is 62.1 Å². The number of sulfone groups is 1. The Hall–Kier alpha value is -3.24. The number of fused-ring (bicyclic) bond motifs is 1. The Bertz CT molecular complexity index is 1450. The summed E-state index contributed by atoms with van der Waals surface area (Å²) < 4.78 is 37.2. The summed E-state index contributed by atoms with van der Waals surface area (Å²) in [7, 11) is -3.24. The molecular weight excluding hydrogens is 466 g/mol. The van der Waals surface area contributed by atoms with Crippen LogP contribution in [0.2, 0.25) is 0 Å². The minimum atomic E-state index is -3.24. The molecule has 1 aromatic carbocycles. The van der Waals surface area contributed by atoms with Crippen LogP contribution in [0.4, 0.5) is 0 Å². The van der Waals surface area contributed by atoms with Gasteiger partial charge < -0.3 is 13.8 Å². The number of likely N-dealkylation sites (tertiary alicyclic amines) is 1. The van der Waals surface area contributed by atoms with E-state index in [-0.39, 0.29) is 6.10 Å². The van der Waals surface area contributed by atoms with Crippen molar-refractivity contribution in [2.45, 2.75) is 49.1 Å². The molecule has 4 aromatic rings. The standard InChI is InChI=1S/C25H27N5O4S/c1-35(31,32)21-5-6-22-18(14-21)8-13-30(22)23-7-4-20(15-26-23)33-19-9-11-29(12-10-19)16-24-27-25(28-34-24)17-2-3-17/h4-8,13-15,17,19H,2-3,9-12,16H2,1H3. The van der Waals surface area contributed by atoms with Crippen molar-refractivity contribution in [2.24, 2.45) is 0 Å². The average Bonchev–Trinajstić information content (AvgIpc) is 3.45. The maximum Gasteiger partial charge on any atom is 0.240 e. The van der Waals surface area contributed by atoms with Crippen molar-refractivity contribution in [3.63, 3.8) is 0 Å². The third kappa shape index (κ3) is 4.81. The molecule has 0 unspecified atom stereocenters. The Kier molecular flexibility index (Phi) is 5.57. The van der Waals surface area contributed by atoms with Gasteiger partial charge in [-0.3, -0.25) is 4.90 Å². The number of nitrogens with zero attached hydrogens (tertiary/aromatic N) is 5. The van der Waals surface area contributed by atoms with Gasteiger partial charge >= 0.3 is 0 Å². The van der Waals surface area contributed by atoms with E-state index in [1.54, 1.807) is 18.3 Å². The summed E-state index contributed by atoms with van der Waals surface area (Å²) in [5.41, 5.74) is 0.899. The largest absolute Gasteiger partial charge is 0.489 e. The van der Waals surface area contributed by atoms with Crippen LogP contribution in [0.15, 0.2) is 58.2 Å². The van der Waals surface area contributed by atoms with E-state index in [4.69, 9.17) is 9.26 Å². The quantitative estimate of drug-likeness (QED) is 0.384. The molecule has 0 N–H and O–H groups in total. The number of hydrogen-bond acceptors (Lipinski definition) is 8. The summed E-state index contributed by atoms with van der Waals surface area (Å²) in [5, 5.41) is 4.95. The fourth-order valence-electron chi connectivity index (χ4n) is 4.54. The smallest absolute Gasteiger partial charge is 0.240 e. The number of piperidine rings is 1. The zero-order chi connectivity index (χ0) is 24.0. The molecule has 0 spiro atoms. The third-order valence-electron chi connectivity index (χ3n) is 6.68. The van der Waals surface area contributed by atoms with Gasteiger partial charge in [0.2, 0.25) is 5.89 Å². The van der Waals surface area contributed by atoms with E-state index in [9.17, 15) is 8.42 Å². The lowest BCUT2D eigenvalue weighted by atomic mass is 10.1. The molecule has 2 fully saturated rings. The number of aromatic nitrogens is 4. The molecule has 182 valence electrons. The van der Waals surface area contributed by atoms with Crippen LogP contribution in [0.25, 0.3) is 16.7 Å². The molecule has 2 aliphatic rings. The Labute approximate surface area is 203 Å². The van der Waals surface area contributed by atoms with Gasteiger partial charge in [0.1, 0.15) is 17.7 Å². The topological polar surface area (TPSA) is 103 Å². The van der Waals surface area contributed by atoms with Crippen LogP contribution in [0.3, 0.4) is 0 Å². The van der Waals surface area contributed by atoms with Crippen molar-refractivity contribution in [1.29, 1.82) is 0 Å². The van der Waals surface area contributed by atoms with Gasteiger partial charge in [0.05, 0.1) is 23.2 Å². The molecule has 1 saturated carbocycles. The van der Waals surface area contributed by atoms with E-state index in [1.165, 1.54) is 19.1 Å². The van der Waals surface area contributed by atoms with Crippen molar-refractivity contribution >= 4 is 20.7 Å². The highest BCUT2D eigenvalue weighted by molar-refractivity contribution is 7.90. The fraction of sp³-hybridized carbons (Fsp3) is 0.400. The molecule has 0 atom stereocenters. The van der Waals surface area contributed by atoms with Crippen LogP contribution in [-0.2, 0) is 16.4 Å². The van der Waals surface area contributed by atoms with Gasteiger partial charge in [0.15, 0.2) is 15.7 Å². The maximum atomic E-state index is 11.8. The van der Waals surface area contributed by atoms with Crippen LogP contribution in [0, 0.1) is 0 Å². The minimum absolute atomic E-state index is 0.144. The van der Waals surface area contributed by atoms with Crippen LogP contribution in [0.5, 0.6) is 5.75 Å². The lowest BCUT2D eigenvalue weighted by Crippen LogP contribution is -2.37. The van der Waals surface area contributed by atoms with Gasteiger partial charge in [-0.1, -0.05) is 5.16 Å². The molecule has 4 heterocycles. The van der Waals surface area contributed by atoms with Gasteiger partial charge in [-0.15, -0.1) is 0 Å². The molecule has 3 aromatic heterocycles. The zero-order valence-corrected chi connectivity index (χ0v) is 20.3. The molecule has 10 heteroatoms. The van der Waals surface area contributed by atoms with E-state index in [2.05, 4.69) is 20.0 Å². The second-order valence-corrected chi connectivity index (χ2v) is 11.5. The molecule has 0 bridgehead atoms. The van der Waals surface area contributed by atoms with Crippen molar-refractivity contribution in [2.75, 3.05) is 19.3 Å². The highest BCUT2D eigenvalue weighted by Crippen LogP contribution is 2.38. The Morgan fingerprint density at radius 2 is 1.91 bits per heavy atom. The average molecular weight is 494 g/mol. The van der Waals surface area contributed by atoms with Crippen molar-refractivity contribution < 1.29 is 17.7 Å². The molecule has 35 heavy (non-hydrogen) atoms. The summed E-state index contributed by atoms with van der Waals surface area (Å²) >= 11 is 0. The minimum Gasteiger partial charge on any atom is -0.489 e. The Balaban J connectivity index is 1.06. The summed E-state index contributed by atoms with van der Waals surface area (Å²) in [6.07, 6.45) is 9.20. The predicted molar refractivity (Wildman–Crippen MR) is 129 cm³/mol. The van der Waals surface area contributed by atoms with Crippen molar-refractivity contribution in [3.8, 4) is 11.6 Å². The first-order valence-corrected chi connectivity index (χ1v) is 13.8. The highest BCUT2D eigenvalue weighted by atomic mass is 32.2. The summed E-state index contributed by atoms with van der Waals surface area (Å²) in [6.45, 7) is 2.53. The van der Waals surface area contributed by atoms with Crippen molar-refractivity contribution in [1.82, 2.24) is 24.6 Å². The van der Waals surface area contributed by atoms with Crippen LogP contribution in [-0.4, -0.2) is 58.5 Å². The molecule has 0 amide bonds. The summed E-state index contributed by atoms with van der Waals surface area (Å²) in [5.74, 6) is 3.57. The Morgan fingerprint density at radius 1 is 1.09 bits per heavy atom. The van der Waals surface area contributed by atoms with E-state index < -0.39 is 9.84 Å². The van der Waals surface area contributed by atoms with E-state index in [0.717, 1.165) is 54.2 Å². The number of hydrogen-bond donors (Lipinski definition) is 0. The van der Waals surface area contributed by atoms with Gasteiger partial charge in [-0.2, -0.15) is 4.98 Å². The number of pyridine rings is 1. The first-order chi connectivity index (χ1) is 16.9. The SMILES string of the molecule is CS(=O)(=O)c1ccc2c(ccn2-c2ccc(OC3CCN(Cc4nc(C5CC5)no4)CC3)cn2)c1. The van der Waals surface area contributed by atoms with Gasteiger partial charge in [-0.25, -0.2) is 13.4 Å². The molecule has 9 nitrogen and oxygen atoms in total. The first kappa shape index (κ1) is 22.2. The van der Waals surface area contributed by atoms with Crippen LogP contribution < -0.4 is 4.74 Å². The number of benzene rings is 1. The van der Waals surface area contributed by atoms with E-state index in [1.807, 2.05) is 35.0 Å². The lowest BCUT2D eigenvalue weighted by molar-refractivity contribution is 0.0901. The molecule has 0 radical (unpaired) electrons. The Morgan fingerprint density at radius 3 is 2.63 bits per heavy atom. The fourth-order valence-corrected chi connectivity index (χ4v) is 5.20. The second kappa shape index (κ2) is 8.76. The predicted octanol–water partition coefficient (Wildman–Crippen LogP) is 3.73. The number of rotatable bonds is 7. The van der Waals surface area contributed by atoms with E-state index in [0.29, 0.717) is 23.2 Å².